The molecule has 0 aromatic heterocycles. The Balaban J connectivity index is 1.93. The zero-order valence-corrected chi connectivity index (χ0v) is 8.94. The van der Waals surface area contributed by atoms with Crippen molar-refractivity contribution < 1.29 is 9.90 Å². The highest BCUT2D eigenvalue weighted by Crippen LogP contribution is 2.55. The fraction of sp³-hybridized carbons (Fsp3) is 0.615. The van der Waals surface area contributed by atoms with E-state index in [2.05, 4.69) is 12.2 Å². The van der Waals surface area contributed by atoms with Gasteiger partial charge in [0.15, 0.2) is 0 Å². The number of carbonyl (C=O) groups is 1. The summed E-state index contributed by atoms with van der Waals surface area (Å²) in [6, 6.07) is 0. The van der Waals surface area contributed by atoms with Gasteiger partial charge in [-0.25, -0.2) is 0 Å². The molecule has 15 heavy (non-hydrogen) atoms. The first kappa shape index (κ1) is 9.20. The van der Waals surface area contributed by atoms with Crippen molar-refractivity contribution in [3.8, 4) is 0 Å². The molecule has 0 aromatic rings. The molecule has 80 valence electrons. The quantitative estimate of drug-likeness (QED) is 0.750. The molecule has 3 aliphatic carbocycles. The second kappa shape index (κ2) is 2.97. The van der Waals surface area contributed by atoms with Gasteiger partial charge in [0, 0.05) is 5.92 Å². The van der Waals surface area contributed by atoms with Crippen LogP contribution in [-0.2, 0) is 4.79 Å². The predicted octanol–water partition coefficient (Wildman–Crippen LogP) is 2.62. The Labute approximate surface area is 89.7 Å². The van der Waals surface area contributed by atoms with Gasteiger partial charge in [-0.2, -0.15) is 0 Å². The molecular formula is C13H16O2. The van der Waals surface area contributed by atoms with Crippen LogP contribution in [0.4, 0.5) is 0 Å². The monoisotopic (exact) mass is 204 g/mol. The Morgan fingerprint density at radius 1 is 1.47 bits per heavy atom. The van der Waals surface area contributed by atoms with Crippen molar-refractivity contribution in [3.63, 3.8) is 0 Å². The minimum Gasteiger partial charge on any atom is -0.481 e. The molecule has 3 aliphatic rings. The zero-order chi connectivity index (χ0) is 10.6. The minimum atomic E-state index is -0.666. The van der Waals surface area contributed by atoms with Crippen LogP contribution < -0.4 is 0 Å². The van der Waals surface area contributed by atoms with Crippen LogP contribution in [0.3, 0.4) is 0 Å². The molecule has 2 bridgehead atoms. The summed E-state index contributed by atoms with van der Waals surface area (Å²) in [5.74, 6) is 0.723. The molecule has 0 spiro atoms. The Kier molecular flexibility index (Phi) is 1.82. The van der Waals surface area contributed by atoms with Crippen molar-refractivity contribution in [1.82, 2.24) is 0 Å². The predicted molar refractivity (Wildman–Crippen MR) is 57.3 cm³/mol. The first-order valence-corrected chi connectivity index (χ1v) is 5.83. The van der Waals surface area contributed by atoms with Gasteiger partial charge in [-0.3, -0.25) is 4.79 Å². The van der Waals surface area contributed by atoms with E-state index in [9.17, 15) is 4.79 Å². The molecule has 1 fully saturated rings. The van der Waals surface area contributed by atoms with Crippen molar-refractivity contribution in [1.29, 1.82) is 0 Å². The molecule has 1 N–H and O–H groups in total. The van der Waals surface area contributed by atoms with Gasteiger partial charge in [-0.05, 0) is 36.7 Å². The molecule has 0 heterocycles. The molecular weight excluding hydrogens is 188 g/mol. The maximum Gasteiger partial charge on any atom is 0.307 e. The van der Waals surface area contributed by atoms with Crippen LogP contribution in [0.15, 0.2) is 23.3 Å². The lowest BCUT2D eigenvalue weighted by atomic mass is 9.81. The van der Waals surface area contributed by atoms with E-state index in [-0.39, 0.29) is 11.8 Å². The Bertz CT molecular complexity index is 378. The number of hydrogen-bond donors (Lipinski definition) is 1. The molecule has 0 saturated heterocycles. The average molecular weight is 204 g/mol. The summed E-state index contributed by atoms with van der Waals surface area (Å²) >= 11 is 0. The third kappa shape index (κ3) is 1.14. The number of aliphatic carboxylic acids is 1. The lowest BCUT2D eigenvalue weighted by Gasteiger charge is -2.22. The van der Waals surface area contributed by atoms with Crippen molar-refractivity contribution >= 4 is 5.97 Å². The standard InChI is InChI=1S/C13H16O2/c1-7(13(14)15)10-4-5-11-8-2-3-9(6-8)12(10)11/h4-5,7-10H,2-3,6H2,1H3,(H,14,15). The summed E-state index contributed by atoms with van der Waals surface area (Å²) in [4.78, 5) is 11.0. The molecule has 1 saturated carbocycles. The van der Waals surface area contributed by atoms with Crippen molar-refractivity contribution in [2.24, 2.45) is 23.7 Å². The highest BCUT2D eigenvalue weighted by molar-refractivity contribution is 5.71. The van der Waals surface area contributed by atoms with Crippen molar-refractivity contribution in [2.75, 3.05) is 0 Å². The smallest absolute Gasteiger partial charge is 0.307 e. The van der Waals surface area contributed by atoms with Crippen LogP contribution in [0.5, 0.6) is 0 Å². The molecule has 0 radical (unpaired) electrons. The van der Waals surface area contributed by atoms with E-state index >= 15 is 0 Å². The average Bonchev–Trinajstić information content (AvgIpc) is 2.88. The number of rotatable bonds is 2. The SMILES string of the molecule is CC(C(=O)O)C1C=CC2=C1C1CCC2C1. The molecule has 4 atom stereocenters. The largest absolute Gasteiger partial charge is 0.481 e. The third-order valence-corrected chi connectivity index (χ3v) is 4.42. The van der Waals surface area contributed by atoms with Crippen LogP contribution >= 0.6 is 0 Å². The van der Waals surface area contributed by atoms with Gasteiger partial charge in [-0.1, -0.05) is 24.6 Å². The van der Waals surface area contributed by atoms with Gasteiger partial charge in [0.25, 0.3) is 0 Å². The Morgan fingerprint density at radius 3 is 2.93 bits per heavy atom. The van der Waals surface area contributed by atoms with Gasteiger partial charge in [0.2, 0.25) is 0 Å². The molecule has 2 nitrogen and oxygen atoms in total. The maximum atomic E-state index is 11.0. The van der Waals surface area contributed by atoms with Crippen LogP contribution in [0.1, 0.15) is 26.2 Å². The summed E-state index contributed by atoms with van der Waals surface area (Å²) in [7, 11) is 0. The number of fused-ring (bicyclic) bond motifs is 4. The van der Waals surface area contributed by atoms with Crippen LogP contribution in [0.2, 0.25) is 0 Å². The number of allylic oxidation sites excluding steroid dienone is 4. The highest BCUT2D eigenvalue weighted by Gasteiger charge is 2.44. The summed E-state index contributed by atoms with van der Waals surface area (Å²) in [6.45, 7) is 1.83. The molecule has 3 rings (SSSR count). The molecule has 4 unspecified atom stereocenters. The number of carboxylic acid groups (broad SMARTS) is 1. The van der Waals surface area contributed by atoms with Gasteiger partial charge >= 0.3 is 5.97 Å². The Morgan fingerprint density at radius 2 is 2.20 bits per heavy atom. The maximum absolute atomic E-state index is 11.0. The molecule has 0 amide bonds. The van der Waals surface area contributed by atoms with Crippen molar-refractivity contribution in [2.45, 2.75) is 26.2 Å². The summed E-state index contributed by atoms with van der Waals surface area (Å²) in [5.41, 5.74) is 2.96. The molecule has 0 aliphatic heterocycles. The number of hydrogen-bond acceptors (Lipinski definition) is 1. The van der Waals surface area contributed by atoms with E-state index in [1.54, 1.807) is 0 Å². The van der Waals surface area contributed by atoms with E-state index in [4.69, 9.17) is 5.11 Å². The van der Waals surface area contributed by atoms with E-state index in [1.807, 2.05) is 6.92 Å². The van der Waals surface area contributed by atoms with Crippen LogP contribution in [0.25, 0.3) is 0 Å². The van der Waals surface area contributed by atoms with E-state index in [0.29, 0.717) is 5.92 Å². The summed E-state index contributed by atoms with van der Waals surface area (Å²) < 4.78 is 0. The first-order valence-electron chi connectivity index (χ1n) is 5.83. The summed E-state index contributed by atoms with van der Waals surface area (Å²) in [5, 5.41) is 9.08. The van der Waals surface area contributed by atoms with Crippen LogP contribution in [-0.4, -0.2) is 11.1 Å². The van der Waals surface area contributed by atoms with E-state index in [1.165, 1.54) is 30.4 Å². The van der Waals surface area contributed by atoms with E-state index in [0.717, 1.165) is 5.92 Å². The van der Waals surface area contributed by atoms with Crippen LogP contribution in [0, 0.1) is 23.7 Å². The highest BCUT2D eigenvalue weighted by atomic mass is 16.4. The molecule has 0 aromatic carbocycles. The van der Waals surface area contributed by atoms with Gasteiger partial charge in [-0.15, -0.1) is 0 Å². The van der Waals surface area contributed by atoms with Gasteiger partial charge in [0.1, 0.15) is 0 Å². The normalized spacial score (nSPS) is 38.6. The fourth-order valence-electron chi connectivity index (χ4n) is 3.62. The first-order chi connectivity index (χ1) is 7.18. The lowest BCUT2D eigenvalue weighted by Crippen LogP contribution is -2.22. The second-order valence-corrected chi connectivity index (χ2v) is 5.13. The summed E-state index contributed by atoms with van der Waals surface area (Å²) in [6.07, 6.45) is 8.21. The third-order valence-electron chi connectivity index (χ3n) is 4.42. The Hall–Kier alpha value is -1.05. The van der Waals surface area contributed by atoms with Gasteiger partial charge < -0.3 is 5.11 Å². The number of carboxylic acids is 1. The molecule has 2 heteroatoms. The van der Waals surface area contributed by atoms with Gasteiger partial charge in [0.05, 0.1) is 5.92 Å². The fourth-order valence-corrected chi connectivity index (χ4v) is 3.62. The topological polar surface area (TPSA) is 37.3 Å². The lowest BCUT2D eigenvalue weighted by molar-refractivity contribution is -0.142. The second-order valence-electron chi connectivity index (χ2n) is 5.13. The van der Waals surface area contributed by atoms with Crippen molar-refractivity contribution in [3.05, 3.63) is 23.3 Å². The van der Waals surface area contributed by atoms with E-state index < -0.39 is 5.97 Å². The zero-order valence-electron chi connectivity index (χ0n) is 8.94. The minimum absolute atomic E-state index is 0.188.